The molecule has 0 unspecified atom stereocenters. The Kier molecular flexibility index (Phi) is 5.87. The molecule has 118 valence electrons. The predicted molar refractivity (Wildman–Crippen MR) is 91.2 cm³/mol. The van der Waals surface area contributed by atoms with Crippen molar-refractivity contribution in [3.63, 3.8) is 0 Å². The van der Waals surface area contributed by atoms with Crippen LogP contribution in [-0.2, 0) is 9.59 Å². The van der Waals surface area contributed by atoms with E-state index < -0.39 is 11.8 Å². The van der Waals surface area contributed by atoms with E-state index in [4.69, 9.17) is 0 Å². The maximum atomic E-state index is 11.7. The van der Waals surface area contributed by atoms with Crippen LogP contribution in [0.3, 0.4) is 0 Å². The molecule has 0 saturated heterocycles. The van der Waals surface area contributed by atoms with Gasteiger partial charge in [0.1, 0.15) is 12.2 Å². The van der Waals surface area contributed by atoms with Crippen LogP contribution in [0.5, 0.6) is 5.75 Å². The van der Waals surface area contributed by atoms with Crippen molar-refractivity contribution in [1.29, 1.82) is 0 Å². The molecule has 0 bridgehead atoms. The highest BCUT2D eigenvalue weighted by atomic mass is 79.9. The van der Waals surface area contributed by atoms with E-state index in [2.05, 4.69) is 31.8 Å². The lowest BCUT2D eigenvalue weighted by molar-refractivity contribution is -0.126. The molecule has 0 aromatic heterocycles. The van der Waals surface area contributed by atoms with Crippen LogP contribution in [0.25, 0.3) is 0 Å². The Hall–Kier alpha value is -2.67. The lowest BCUT2D eigenvalue weighted by Crippen LogP contribution is -2.24. The highest BCUT2D eigenvalue weighted by molar-refractivity contribution is 9.10. The first kappa shape index (κ1) is 16.7. The minimum atomic E-state index is -0.521. The molecule has 0 radical (unpaired) electrons. The fraction of sp³-hybridized carbons (Fsp3) is 0.0625. The van der Waals surface area contributed by atoms with Crippen LogP contribution < -0.4 is 10.7 Å². The van der Waals surface area contributed by atoms with Gasteiger partial charge >= 0.3 is 0 Å². The largest absolute Gasteiger partial charge is 0.507 e. The minimum Gasteiger partial charge on any atom is -0.507 e. The molecule has 23 heavy (non-hydrogen) atoms. The average molecular weight is 376 g/mol. The summed E-state index contributed by atoms with van der Waals surface area (Å²) in [6.07, 6.45) is 1.09. The molecule has 2 rings (SSSR count). The van der Waals surface area contributed by atoms with Gasteiger partial charge in [0, 0.05) is 5.69 Å². The first-order chi connectivity index (χ1) is 11.0. The Morgan fingerprint density at radius 3 is 2.57 bits per heavy atom. The van der Waals surface area contributed by atoms with Crippen LogP contribution in [0.15, 0.2) is 58.1 Å². The van der Waals surface area contributed by atoms with Gasteiger partial charge < -0.3 is 10.4 Å². The molecule has 6 nitrogen and oxygen atoms in total. The molecule has 7 heteroatoms. The van der Waals surface area contributed by atoms with Crippen molar-refractivity contribution in [2.75, 3.05) is 5.32 Å². The van der Waals surface area contributed by atoms with E-state index >= 15 is 0 Å². The highest BCUT2D eigenvalue weighted by Crippen LogP contribution is 2.23. The SMILES string of the molecule is O=C(CC(=O)Nc1ccccc1)NN=Cc1ccc(O)c(Br)c1. The maximum Gasteiger partial charge on any atom is 0.249 e. The number of carbonyl (C=O) groups excluding carboxylic acids is 2. The number of phenolic OH excluding ortho intramolecular Hbond substituents is 1. The van der Waals surface area contributed by atoms with Gasteiger partial charge in [-0.15, -0.1) is 0 Å². The third-order valence-corrected chi connectivity index (χ3v) is 3.39. The van der Waals surface area contributed by atoms with Crippen LogP contribution in [-0.4, -0.2) is 23.1 Å². The summed E-state index contributed by atoms with van der Waals surface area (Å²) >= 11 is 3.18. The number of amides is 2. The van der Waals surface area contributed by atoms with Crippen molar-refractivity contribution in [2.24, 2.45) is 5.10 Å². The standard InChI is InChI=1S/C16H14BrN3O3/c17-13-8-11(6-7-14(13)21)10-18-20-16(23)9-15(22)19-12-4-2-1-3-5-12/h1-8,10,21H,9H2,(H,19,22)(H,20,23). The number of halogens is 1. The van der Waals surface area contributed by atoms with E-state index in [1.165, 1.54) is 12.3 Å². The van der Waals surface area contributed by atoms with Gasteiger partial charge in [0.2, 0.25) is 11.8 Å². The van der Waals surface area contributed by atoms with E-state index in [0.29, 0.717) is 15.7 Å². The number of hydrazone groups is 1. The molecule has 0 atom stereocenters. The number of aromatic hydroxyl groups is 1. The van der Waals surface area contributed by atoms with Crippen molar-refractivity contribution in [3.05, 3.63) is 58.6 Å². The highest BCUT2D eigenvalue weighted by Gasteiger charge is 2.08. The normalized spacial score (nSPS) is 10.5. The molecule has 0 aliphatic heterocycles. The van der Waals surface area contributed by atoms with Crippen molar-refractivity contribution in [3.8, 4) is 5.75 Å². The molecule has 0 fully saturated rings. The zero-order valence-electron chi connectivity index (χ0n) is 12.0. The van der Waals surface area contributed by atoms with Gasteiger partial charge in [0.25, 0.3) is 0 Å². The number of carbonyl (C=O) groups is 2. The maximum absolute atomic E-state index is 11.7. The summed E-state index contributed by atoms with van der Waals surface area (Å²) in [5.74, 6) is -0.826. The van der Waals surface area contributed by atoms with Crippen LogP contribution in [0.1, 0.15) is 12.0 Å². The summed E-state index contributed by atoms with van der Waals surface area (Å²) in [5, 5.41) is 15.7. The number of hydrogen-bond acceptors (Lipinski definition) is 4. The zero-order chi connectivity index (χ0) is 16.7. The molecule has 2 aromatic carbocycles. The van der Waals surface area contributed by atoms with Crippen molar-refractivity contribution < 1.29 is 14.7 Å². The number of nitrogens with one attached hydrogen (secondary N) is 2. The number of rotatable bonds is 5. The molecule has 2 amide bonds. The monoisotopic (exact) mass is 375 g/mol. The summed E-state index contributed by atoms with van der Waals surface area (Å²) in [6.45, 7) is 0. The molecule has 0 heterocycles. The zero-order valence-corrected chi connectivity index (χ0v) is 13.6. The summed E-state index contributed by atoms with van der Waals surface area (Å²) in [4.78, 5) is 23.3. The van der Waals surface area contributed by atoms with Gasteiger partial charge in [-0.05, 0) is 51.8 Å². The second-order valence-electron chi connectivity index (χ2n) is 4.60. The molecular formula is C16H14BrN3O3. The number of nitrogens with zero attached hydrogens (tertiary/aromatic N) is 1. The number of benzene rings is 2. The van der Waals surface area contributed by atoms with Crippen LogP contribution in [0, 0.1) is 0 Å². The van der Waals surface area contributed by atoms with E-state index in [9.17, 15) is 14.7 Å². The average Bonchev–Trinajstić information content (AvgIpc) is 2.51. The summed E-state index contributed by atoms with van der Waals surface area (Å²) in [5.41, 5.74) is 3.59. The first-order valence-corrected chi connectivity index (χ1v) is 7.49. The second-order valence-corrected chi connectivity index (χ2v) is 5.45. The van der Waals surface area contributed by atoms with E-state index in [1.54, 1.807) is 36.4 Å². The summed E-state index contributed by atoms with van der Waals surface area (Å²) in [7, 11) is 0. The van der Waals surface area contributed by atoms with Crippen LogP contribution in [0.4, 0.5) is 5.69 Å². The Labute approximate surface area is 141 Å². The van der Waals surface area contributed by atoms with Gasteiger partial charge in [-0.3, -0.25) is 9.59 Å². The third kappa shape index (κ3) is 5.55. The van der Waals surface area contributed by atoms with E-state index in [-0.39, 0.29) is 12.2 Å². The molecule has 0 saturated carbocycles. The Balaban J connectivity index is 1.81. The summed E-state index contributed by atoms with van der Waals surface area (Å²) in [6, 6.07) is 13.7. The molecular weight excluding hydrogens is 362 g/mol. The van der Waals surface area contributed by atoms with Gasteiger partial charge in [-0.2, -0.15) is 5.10 Å². The van der Waals surface area contributed by atoms with E-state index in [1.807, 2.05) is 6.07 Å². The summed E-state index contributed by atoms with van der Waals surface area (Å²) < 4.78 is 0.523. The van der Waals surface area contributed by atoms with Crippen molar-refractivity contribution in [1.82, 2.24) is 5.43 Å². The third-order valence-electron chi connectivity index (χ3n) is 2.75. The molecule has 0 aliphatic carbocycles. The Bertz CT molecular complexity index is 733. The van der Waals surface area contributed by atoms with Gasteiger partial charge in [-0.1, -0.05) is 18.2 Å². The first-order valence-electron chi connectivity index (χ1n) is 6.70. The van der Waals surface area contributed by atoms with Gasteiger partial charge in [-0.25, -0.2) is 5.43 Å². The lowest BCUT2D eigenvalue weighted by atomic mass is 10.2. The van der Waals surface area contributed by atoms with Crippen LogP contribution >= 0.6 is 15.9 Å². The van der Waals surface area contributed by atoms with E-state index in [0.717, 1.165) is 0 Å². The minimum absolute atomic E-state index is 0.115. The van der Waals surface area contributed by atoms with Crippen molar-refractivity contribution >= 4 is 39.6 Å². The van der Waals surface area contributed by atoms with Crippen LogP contribution in [0.2, 0.25) is 0 Å². The van der Waals surface area contributed by atoms with Crippen molar-refractivity contribution in [2.45, 2.75) is 6.42 Å². The number of hydrogen-bond donors (Lipinski definition) is 3. The second kappa shape index (κ2) is 8.09. The Morgan fingerprint density at radius 2 is 1.87 bits per heavy atom. The number of para-hydroxylation sites is 1. The quantitative estimate of drug-likeness (QED) is 0.426. The smallest absolute Gasteiger partial charge is 0.249 e. The number of anilines is 1. The number of phenols is 1. The van der Waals surface area contributed by atoms with Gasteiger partial charge in [0.05, 0.1) is 10.7 Å². The Morgan fingerprint density at radius 1 is 1.13 bits per heavy atom. The molecule has 0 spiro atoms. The topological polar surface area (TPSA) is 90.8 Å². The fourth-order valence-electron chi connectivity index (χ4n) is 1.69. The fourth-order valence-corrected chi connectivity index (χ4v) is 2.09. The molecule has 2 aromatic rings. The van der Waals surface area contributed by atoms with Gasteiger partial charge in [0.15, 0.2) is 0 Å². The molecule has 3 N–H and O–H groups in total. The lowest BCUT2D eigenvalue weighted by Gasteiger charge is -2.04. The molecule has 0 aliphatic rings. The predicted octanol–water partition coefficient (Wildman–Crippen LogP) is 2.63.